The van der Waals surface area contributed by atoms with Crippen LogP contribution in [0.15, 0.2) is 77.7 Å². The first-order chi connectivity index (χ1) is 15.5. The number of hydrogen-bond donors (Lipinski definition) is 1. The van der Waals surface area contributed by atoms with Crippen LogP contribution in [-0.2, 0) is 16.4 Å². The molecule has 4 aromatic rings. The van der Waals surface area contributed by atoms with E-state index in [2.05, 4.69) is 24.7 Å². The Bertz CT molecular complexity index is 1330. The maximum atomic E-state index is 11.6. The van der Waals surface area contributed by atoms with Crippen LogP contribution in [0.2, 0.25) is 0 Å². The number of anilines is 1. The summed E-state index contributed by atoms with van der Waals surface area (Å²) in [5, 5.41) is 4.20. The van der Waals surface area contributed by atoms with Gasteiger partial charge in [-0.2, -0.15) is 4.40 Å². The summed E-state index contributed by atoms with van der Waals surface area (Å²) in [6.07, 6.45) is 9.98. The second-order valence-corrected chi connectivity index (χ2v) is 9.02. The molecule has 0 aliphatic carbocycles. The van der Waals surface area contributed by atoms with Crippen molar-refractivity contribution in [1.82, 2.24) is 19.9 Å². The highest BCUT2D eigenvalue weighted by Gasteiger charge is 2.13. The maximum absolute atomic E-state index is 11.6. The minimum absolute atomic E-state index is 0.164. The van der Waals surface area contributed by atoms with Crippen LogP contribution in [0.25, 0.3) is 22.3 Å². The molecule has 0 amide bonds. The first kappa shape index (κ1) is 21.5. The zero-order valence-electron chi connectivity index (χ0n) is 17.5. The van der Waals surface area contributed by atoms with E-state index in [0.717, 1.165) is 22.8 Å². The molecule has 0 bridgehead atoms. The zero-order valence-corrected chi connectivity index (χ0v) is 18.3. The third-order valence-electron chi connectivity index (χ3n) is 4.77. The van der Waals surface area contributed by atoms with Gasteiger partial charge in [0.1, 0.15) is 5.82 Å². The SMILES string of the molecule is CS(=O)(=O)/N=C/C(CNc1nc(-c2ccncc2)nc2cnccc12)Cc1ccccc1. The Hall–Kier alpha value is -3.72. The molecule has 3 aromatic heterocycles. The van der Waals surface area contributed by atoms with Crippen LogP contribution in [0, 0.1) is 5.92 Å². The first-order valence-electron chi connectivity index (χ1n) is 10.0. The van der Waals surface area contributed by atoms with Gasteiger partial charge in [0, 0.05) is 48.2 Å². The molecule has 0 radical (unpaired) electrons. The number of benzene rings is 1. The third-order valence-corrected chi connectivity index (χ3v) is 5.28. The van der Waals surface area contributed by atoms with Crippen molar-refractivity contribution in [1.29, 1.82) is 0 Å². The molecule has 1 unspecified atom stereocenters. The second kappa shape index (κ2) is 9.61. The molecule has 3 heterocycles. The summed E-state index contributed by atoms with van der Waals surface area (Å²) in [6, 6.07) is 15.4. The first-order valence-corrected chi connectivity index (χ1v) is 11.9. The average Bonchev–Trinajstić information content (AvgIpc) is 2.81. The van der Waals surface area contributed by atoms with Crippen molar-refractivity contribution in [2.24, 2.45) is 10.3 Å². The van der Waals surface area contributed by atoms with E-state index >= 15 is 0 Å². The van der Waals surface area contributed by atoms with Crippen molar-refractivity contribution in [3.05, 3.63) is 78.9 Å². The lowest BCUT2D eigenvalue weighted by Gasteiger charge is -2.16. The second-order valence-electron chi connectivity index (χ2n) is 7.34. The molecular formula is C23H22N6O2S. The Kier molecular flexibility index (Phi) is 6.46. The van der Waals surface area contributed by atoms with Crippen molar-refractivity contribution in [3.63, 3.8) is 0 Å². The molecule has 0 saturated carbocycles. The molecule has 0 aliphatic heterocycles. The molecule has 32 heavy (non-hydrogen) atoms. The molecule has 0 spiro atoms. The summed E-state index contributed by atoms with van der Waals surface area (Å²) in [5.41, 5.74) is 2.64. The molecule has 0 fully saturated rings. The Morgan fingerprint density at radius 3 is 2.50 bits per heavy atom. The standard InChI is InChI=1S/C23H22N6O2S/c1-32(30,31)27-15-18(13-17-5-3-2-4-6-17)14-26-23-20-9-12-25-16-21(20)28-22(29-23)19-7-10-24-11-8-19/h2-12,15-16,18H,13-14H2,1H3,(H,26,28,29)/b27-15+. The van der Waals surface area contributed by atoms with E-state index in [1.54, 1.807) is 24.8 Å². The largest absolute Gasteiger partial charge is 0.369 e. The molecular weight excluding hydrogens is 424 g/mol. The average molecular weight is 447 g/mol. The smallest absolute Gasteiger partial charge is 0.249 e. The molecule has 9 heteroatoms. The molecule has 4 rings (SSSR count). The quantitative estimate of drug-likeness (QED) is 0.413. The van der Waals surface area contributed by atoms with Gasteiger partial charge in [-0.15, -0.1) is 0 Å². The lowest BCUT2D eigenvalue weighted by Crippen LogP contribution is -2.20. The normalized spacial score (nSPS) is 12.8. The van der Waals surface area contributed by atoms with Crippen molar-refractivity contribution in [2.45, 2.75) is 6.42 Å². The van der Waals surface area contributed by atoms with Crippen molar-refractivity contribution in [3.8, 4) is 11.4 Å². The highest BCUT2D eigenvalue weighted by molar-refractivity contribution is 7.89. The number of pyridine rings is 2. The van der Waals surface area contributed by atoms with Gasteiger partial charge >= 0.3 is 0 Å². The highest BCUT2D eigenvalue weighted by Crippen LogP contribution is 2.24. The van der Waals surface area contributed by atoms with Crippen LogP contribution in [0.4, 0.5) is 5.82 Å². The molecule has 0 aliphatic rings. The zero-order chi connectivity index (χ0) is 22.4. The van der Waals surface area contributed by atoms with E-state index in [0.29, 0.717) is 30.1 Å². The van der Waals surface area contributed by atoms with Gasteiger partial charge in [0.15, 0.2) is 5.82 Å². The number of fused-ring (bicyclic) bond motifs is 1. The summed E-state index contributed by atoms with van der Waals surface area (Å²) in [6.45, 7) is 0.443. The number of nitrogens with zero attached hydrogens (tertiary/aromatic N) is 5. The molecule has 1 aromatic carbocycles. The molecule has 162 valence electrons. The Morgan fingerprint density at radius 1 is 1.00 bits per heavy atom. The van der Waals surface area contributed by atoms with Crippen LogP contribution in [0.3, 0.4) is 0 Å². The van der Waals surface area contributed by atoms with Crippen molar-refractivity contribution in [2.75, 3.05) is 18.1 Å². The van der Waals surface area contributed by atoms with E-state index in [9.17, 15) is 8.42 Å². The van der Waals surface area contributed by atoms with Crippen LogP contribution >= 0.6 is 0 Å². The van der Waals surface area contributed by atoms with Gasteiger partial charge in [0.2, 0.25) is 10.0 Å². The molecule has 8 nitrogen and oxygen atoms in total. The van der Waals surface area contributed by atoms with Crippen LogP contribution < -0.4 is 5.32 Å². The van der Waals surface area contributed by atoms with Gasteiger partial charge in [0.25, 0.3) is 0 Å². The number of nitrogens with one attached hydrogen (secondary N) is 1. The fraction of sp³-hybridized carbons (Fsp3) is 0.174. The predicted molar refractivity (Wildman–Crippen MR) is 126 cm³/mol. The van der Waals surface area contributed by atoms with E-state index < -0.39 is 10.0 Å². The van der Waals surface area contributed by atoms with Gasteiger partial charge in [-0.3, -0.25) is 9.97 Å². The van der Waals surface area contributed by atoms with Gasteiger partial charge < -0.3 is 5.32 Å². The summed E-state index contributed by atoms with van der Waals surface area (Å²) < 4.78 is 26.9. The Morgan fingerprint density at radius 2 is 1.75 bits per heavy atom. The van der Waals surface area contributed by atoms with Gasteiger partial charge in [-0.05, 0) is 30.2 Å². The van der Waals surface area contributed by atoms with Crippen molar-refractivity contribution >= 4 is 33.0 Å². The van der Waals surface area contributed by atoms with E-state index in [-0.39, 0.29) is 5.92 Å². The highest BCUT2D eigenvalue weighted by atomic mass is 32.2. The van der Waals surface area contributed by atoms with Gasteiger partial charge in [0.05, 0.1) is 18.0 Å². The lowest BCUT2D eigenvalue weighted by atomic mass is 10.0. The monoisotopic (exact) mass is 446 g/mol. The van der Waals surface area contributed by atoms with Crippen LogP contribution in [0.1, 0.15) is 5.56 Å². The predicted octanol–water partition coefficient (Wildman–Crippen LogP) is 3.39. The van der Waals surface area contributed by atoms with E-state index in [1.165, 1.54) is 6.21 Å². The van der Waals surface area contributed by atoms with Gasteiger partial charge in [-0.1, -0.05) is 30.3 Å². The van der Waals surface area contributed by atoms with Crippen LogP contribution in [-0.4, -0.2) is 47.4 Å². The number of sulfonamides is 1. The third kappa shape index (κ3) is 5.70. The van der Waals surface area contributed by atoms with Crippen LogP contribution in [0.5, 0.6) is 0 Å². The summed E-state index contributed by atoms with van der Waals surface area (Å²) in [5.74, 6) is 1.04. The minimum Gasteiger partial charge on any atom is -0.369 e. The summed E-state index contributed by atoms with van der Waals surface area (Å²) >= 11 is 0. The minimum atomic E-state index is -3.47. The van der Waals surface area contributed by atoms with Gasteiger partial charge in [-0.25, -0.2) is 18.4 Å². The lowest BCUT2D eigenvalue weighted by molar-refractivity contribution is 0.603. The molecule has 1 N–H and O–H groups in total. The Labute approximate surface area is 186 Å². The Balaban J connectivity index is 1.64. The fourth-order valence-corrected chi connectivity index (χ4v) is 3.66. The van der Waals surface area contributed by atoms with E-state index in [4.69, 9.17) is 4.98 Å². The maximum Gasteiger partial charge on any atom is 0.249 e. The van der Waals surface area contributed by atoms with E-state index in [1.807, 2.05) is 48.5 Å². The summed E-state index contributed by atoms with van der Waals surface area (Å²) in [4.78, 5) is 17.6. The number of hydrogen-bond acceptors (Lipinski definition) is 7. The topological polar surface area (TPSA) is 110 Å². The number of aromatic nitrogens is 4. The number of rotatable bonds is 8. The fourth-order valence-electron chi connectivity index (χ4n) is 3.26. The molecule has 1 atom stereocenters. The molecule has 0 saturated heterocycles. The van der Waals surface area contributed by atoms with Crippen molar-refractivity contribution < 1.29 is 8.42 Å². The summed E-state index contributed by atoms with van der Waals surface area (Å²) in [7, 11) is -3.47.